The number of aromatic nitrogens is 1. The number of benzene rings is 1. The first kappa shape index (κ1) is 10.0. The van der Waals surface area contributed by atoms with Crippen LogP contribution in [-0.4, -0.2) is 5.16 Å². The van der Waals surface area contributed by atoms with Crippen molar-refractivity contribution in [2.45, 2.75) is 10.6 Å². The van der Waals surface area contributed by atoms with Gasteiger partial charge >= 0.3 is 0 Å². The van der Waals surface area contributed by atoms with E-state index in [1.807, 2.05) is 0 Å². The Kier molecular flexibility index (Phi) is 2.91. The molecule has 1 aromatic carbocycles. The molecule has 2 rings (SSSR count). The van der Waals surface area contributed by atoms with Gasteiger partial charge in [0.25, 0.3) is 0 Å². The lowest BCUT2D eigenvalue weighted by Gasteiger charge is -2.03. The molecule has 0 bridgehead atoms. The average Bonchev–Trinajstić information content (AvgIpc) is 2.69. The molecule has 78 valence electrons. The Hall–Kier alpha value is -1.49. The number of nitrogen functional groups attached to an aromatic ring is 1. The normalized spacial score (nSPS) is 10.5. The molecule has 0 spiro atoms. The topological polar surface area (TPSA) is 52.0 Å². The van der Waals surface area contributed by atoms with Crippen LogP contribution < -0.4 is 5.73 Å². The summed E-state index contributed by atoms with van der Waals surface area (Å²) in [7, 11) is 0. The standard InChI is InChI=1S/C10H9FN2OS/c11-7-1-2-10(9(12)5-7)15-6-8-3-4-13-14-8/h1-5H,6,12H2. The number of rotatable bonds is 3. The van der Waals surface area contributed by atoms with Crippen molar-refractivity contribution in [2.75, 3.05) is 5.73 Å². The largest absolute Gasteiger partial charge is 0.398 e. The van der Waals surface area contributed by atoms with Gasteiger partial charge in [0, 0.05) is 16.6 Å². The Labute approximate surface area is 90.4 Å². The molecule has 0 amide bonds. The van der Waals surface area contributed by atoms with Crippen molar-refractivity contribution in [1.29, 1.82) is 0 Å². The molecular weight excluding hydrogens is 215 g/mol. The summed E-state index contributed by atoms with van der Waals surface area (Å²) in [6.45, 7) is 0. The molecule has 0 saturated carbocycles. The molecule has 0 fully saturated rings. The lowest BCUT2D eigenvalue weighted by molar-refractivity contribution is 0.395. The molecule has 0 atom stereocenters. The van der Waals surface area contributed by atoms with Crippen LogP contribution in [0, 0.1) is 5.82 Å². The number of thioether (sulfide) groups is 1. The molecule has 2 aromatic rings. The molecule has 0 saturated heterocycles. The van der Waals surface area contributed by atoms with Crippen LogP contribution in [0.4, 0.5) is 10.1 Å². The molecule has 5 heteroatoms. The summed E-state index contributed by atoms with van der Waals surface area (Å²) >= 11 is 1.49. The second-order valence-corrected chi connectivity index (χ2v) is 3.97. The van der Waals surface area contributed by atoms with Crippen LogP contribution in [0.3, 0.4) is 0 Å². The van der Waals surface area contributed by atoms with Gasteiger partial charge in [0.15, 0.2) is 0 Å². The van der Waals surface area contributed by atoms with Gasteiger partial charge < -0.3 is 10.3 Å². The minimum atomic E-state index is -0.323. The maximum Gasteiger partial charge on any atom is 0.146 e. The van der Waals surface area contributed by atoms with Gasteiger partial charge in [-0.15, -0.1) is 11.8 Å². The molecule has 0 aliphatic carbocycles. The van der Waals surface area contributed by atoms with E-state index in [1.165, 1.54) is 23.9 Å². The van der Waals surface area contributed by atoms with Gasteiger partial charge in [-0.1, -0.05) is 5.16 Å². The molecule has 0 aliphatic heterocycles. The number of nitrogens with zero attached hydrogens (tertiary/aromatic N) is 1. The molecule has 2 N–H and O–H groups in total. The average molecular weight is 224 g/mol. The summed E-state index contributed by atoms with van der Waals surface area (Å²) in [5.74, 6) is 1.08. The molecule has 1 aromatic heterocycles. The van der Waals surface area contributed by atoms with Crippen molar-refractivity contribution >= 4 is 17.4 Å². The van der Waals surface area contributed by atoms with Crippen LogP contribution in [0.5, 0.6) is 0 Å². The van der Waals surface area contributed by atoms with Crippen molar-refractivity contribution in [1.82, 2.24) is 5.16 Å². The first-order valence-electron chi connectivity index (χ1n) is 4.33. The predicted molar refractivity (Wildman–Crippen MR) is 56.9 cm³/mol. The minimum absolute atomic E-state index is 0.323. The third-order valence-electron chi connectivity index (χ3n) is 1.83. The second-order valence-electron chi connectivity index (χ2n) is 2.95. The molecule has 1 heterocycles. The van der Waals surface area contributed by atoms with Crippen LogP contribution in [0.1, 0.15) is 5.76 Å². The molecule has 0 aliphatic rings. The van der Waals surface area contributed by atoms with Crippen molar-refractivity contribution in [3.8, 4) is 0 Å². The molecule has 15 heavy (non-hydrogen) atoms. The van der Waals surface area contributed by atoms with Gasteiger partial charge in [0.2, 0.25) is 0 Å². The van der Waals surface area contributed by atoms with E-state index in [2.05, 4.69) is 5.16 Å². The fourth-order valence-electron chi connectivity index (χ4n) is 1.12. The van der Waals surface area contributed by atoms with Crippen LogP contribution in [-0.2, 0) is 5.75 Å². The maximum atomic E-state index is 12.7. The number of hydrogen-bond donors (Lipinski definition) is 1. The Morgan fingerprint density at radius 3 is 2.93 bits per heavy atom. The monoisotopic (exact) mass is 224 g/mol. The van der Waals surface area contributed by atoms with E-state index >= 15 is 0 Å². The lowest BCUT2D eigenvalue weighted by Crippen LogP contribution is -1.89. The summed E-state index contributed by atoms with van der Waals surface area (Å²) in [5.41, 5.74) is 6.10. The van der Waals surface area contributed by atoms with Crippen molar-refractivity contribution < 1.29 is 8.91 Å². The van der Waals surface area contributed by atoms with Crippen LogP contribution in [0.25, 0.3) is 0 Å². The van der Waals surface area contributed by atoms with Crippen molar-refractivity contribution in [2.24, 2.45) is 0 Å². The number of halogens is 1. The van der Waals surface area contributed by atoms with Gasteiger partial charge in [0.05, 0.1) is 11.9 Å². The Morgan fingerprint density at radius 1 is 1.40 bits per heavy atom. The third kappa shape index (κ3) is 2.50. The van der Waals surface area contributed by atoms with Gasteiger partial charge in [-0.2, -0.15) is 0 Å². The number of hydrogen-bond acceptors (Lipinski definition) is 4. The van der Waals surface area contributed by atoms with Gasteiger partial charge in [-0.3, -0.25) is 0 Å². The zero-order valence-corrected chi connectivity index (χ0v) is 8.63. The third-order valence-corrected chi connectivity index (χ3v) is 2.94. The summed E-state index contributed by atoms with van der Waals surface area (Å²) < 4.78 is 17.7. The first-order valence-corrected chi connectivity index (χ1v) is 5.31. The first-order chi connectivity index (χ1) is 7.25. The molecule has 0 unspecified atom stereocenters. The Morgan fingerprint density at radius 2 is 2.27 bits per heavy atom. The second kappa shape index (κ2) is 4.35. The highest BCUT2D eigenvalue weighted by Crippen LogP contribution is 2.28. The number of nitrogens with two attached hydrogens (primary N) is 1. The zero-order valence-electron chi connectivity index (χ0n) is 7.81. The lowest BCUT2D eigenvalue weighted by atomic mass is 10.3. The highest BCUT2D eigenvalue weighted by atomic mass is 32.2. The fraction of sp³-hybridized carbons (Fsp3) is 0.100. The minimum Gasteiger partial charge on any atom is -0.398 e. The van der Waals surface area contributed by atoms with E-state index in [1.54, 1.807) is 18.3 Å². The van der Waals surface area contributed by atoms with E-state index in [9.17, 15) is 4.39 Å². The highest BCUT2D eigenvalue weighted by molar-refractivity contribution is 7.98. The van der Waals surface area contributed by atoms with Crippen molar-refractivity contribution in [3.05, 3.63) is 42.0 Å². The quantitative estimate of drug-likeness (QED) is 0.643. The molecule has 0 radical (unpaired) electrons. The van der Waals surface area contributed by atoms with Gasteiger partial charge in [-0.25, -0.2) is 4.39 Å². The van der Waals surface area contributed by atoms with Gasteiger partial charge in [-0.05, 0) is 18.2 Å². The SMILES string of the molecule is Nc1cc(F)ccc1SCc1ccno1. The van der Waals surface area contributed by atoms with Gasteiger partial charge in [0.1, 0.15) is 11.6 Å². The molecule has 3 nitrogen and oxygen atoms in total. The summed E-state index contributed by atoms with van der Waals surface area (Å²) in [4.78, 5) is 0.841. The van der Waals surface area contributed by atoms with E-state index in [4.69, 9.17) is 10.3 Å². The van der Waals surface area contributed by atoms with Crippen LogP contribution in [0.15, 0.2) is 39.9 Å². The Balaban J connectivity index is 2.05. The van der Waals surface area contributed by atoms with Crippen molar-refractivity contribution in [3.63, 3.8) is 0 Å². The number of anilines is 1. The summed E-state index contributed by atoms with van der Waals surface area (Å²) in [6.07, 6.45) is 1.59. The molecular formula is C10H9FN2OS. The van der Waals surface area contributed by atoms with Crippen LogP contribution in [0.2, 0.25) is 0 Å². The maximum absolute atomic E-state index is 12.7. The van der Waals surface area contributed by atoms with E-state index in [-0.39, 0.29) is 5.82 Å². The van der Waals surface area contributed by atoms with E-state index in [0.717, 1.165) is 10.7 Å². The highest BCUT2D eigenvalue weighted by Gasteiger charge is 2.03. The smallest absolute Gasteiger partial charge is 0.146 e. The predicted octanol–water partition coefficient (Wildman–Crippen LogP) is 2.69. The van der Waals surface area contributed by atoms with E-state index in [0.29, 0.717) is 11.4 Å². The van der Waals surface area contributed by atoms with E-state index < -0.39 is 0 Å². The van der Waals surface area contributed by atoms with Crippen LogP contribution >= 0.6 is 11.8 Å². The Bertz CT molecular complexity index is 445. The summed E-state index contributed by atoms with van der Waals surface area (Å²) in [6, 6.07) is 6.14. The summed E-state index contributed by atoms with van der Waals surface area (Å²) in [5, 5.41) is 3.59. The fourth-order valence-corrected chi connectivity index (χ4v) is 1.95. The zero-order chi connectivity index (χ0) is 10.7.